The molecule has 0 aliphatic heterocycles. The van der Waals surface area contributed by atoms with Gasteiger partial charge in [0.15, 0.2) is 0 Å². The second-order valence-corrected chi connectivity index (χ2v) is 3.15. The molecule has 0 aromatic heterocycles. The fourth-order valence-corrected chi connectivity index (χ4v) is 1.21. The van der Waals surface area contributed by atoms with Crippen LogP contribution >= 0.6 is 0 Å². The van der Waals surface area contributed by atoms with Crippen molar-refractivity contribution < 1.29 is 4.39 Å². The van der Waals surface area contributed by atoms with E-state index in [-0.39, 0.29) is 0 Å². The van der Waals surface area contributed by atoms with Crippen LogP contribution in [0.1, 0.15) is 30.9 Å². The van der Waals surface area contributed by atoms with Crippen LogP contribution in [0.3, 0.4) is 0 Å². The maximum Gasteiger partial charge on any atom is 0.130 e. The molecule has 0 saturated carbocycles. The van der Waals surface area contributed by atoms with Crippen molar-refractivity contribution >= 4 is 5.83 Å². The van der Waals surface area contributed by atoms with E-state index in [1.54, 1.807) is 12.1 Å². The van der Waals surface area contributed by atoms with Gasteiger partial charge < -0.3 is 0 Å². The first-order valence-corrected chi connectivity index (χ1v) is 4.61. The number of rotatable bonds is 4. The maximum absolute atomic E-state index is 12.5. The molecular weight excluding hydrogens is 163 g/mol. The van der Waals surface area contributed by atoms with Gasteiger partial charge in [-0.15, -0.1) is 0 Å². The van der Waals surface area contributed by atoms with Gasteiger partial charge in [-0.2, -0.15) is 0 Å². The number of halogens is 1. The van der Waals surface area contributed by atoms with Crippen LogP contribution in [0.5, 0.6) is 0 Å². The monoisotopic (exact) mass is 177 g/mol. The van der Waals surface area contributed by atoms with Gasteiger partial charge in [0.05, 0.1) is 0 Å². The van der Waals surface area contributed by atoms with E-state index < -0.39 is 5.83 Å². The molecule has 0 aliphatic carbocycles. The molecule has 1 aromatic carbocycles. The van der Waals surface area contributed by atoms with E-state index in [9.17, 15) is 4.39 Å². The third kappa shape index (κ3) is 3.02. The van der Waals surface area contributed by atoms with E-state index in [4.69, 9.17) is 6.58 Å². The van der Waals surface area contributed by atoms with Gasteiger partial charge in [-0.05, 0) is 25.0 Å². The van der Waals surface area contributed by atoms with Crippen molar-refractivity contribution in [2.45, 2.75) is 26.2 Å². The Labute approximate surface area is 79.1 Å². The van der Waals surface area contributed by atoms with Gasteiger partial charge in [0.2, 0.25) is 0 Å². The first kappa shape index (κ1) is 9.97. The number of hydrogen-bond acceptors (Lipinski definition) is 0. The normalized spacial score (nSPS) is 10.0. The van der Waals surface area contributed by atoms with Crippen molar-refractivity contribution in [2.75, 3.05) is 0 Å². The van der Waals surface area contributed by atoms with Gasteiger partial charge >= 0.3 is 0 Å². The zero-order chi connectivity index (χ0) is 9.68. The minimum atomic E-state index is -0.609. The lowest BCUT2D eigenvalue weighted by molar-refractivity contribution is 0.760. The lowest BCUT2D eigenvalue weighted by Gasteiger charge is -2.00. The van der Waals surface area contributed by atoms with Crippen molar-refractivity contribution in [3.05, 3.63) is 42.0 Å². The number of aryl methyl sites for hydroxylation is 1. The predicted molar refractivity (Wildman–Crippen MR) is 53.9 cm³/mol. The average molecular weight is 177 g/mol. The highest BCUT2D eigenvalue weighted by Gasteiger charge is 1.97. The highest BCUT2D eigenvalue weighted by Crippen LogP contribution is 2.14. The van der Waals surface area contributed by atoms with Crippen LogP contribution in [-0.4, -0.2) is 0 Å². The Morgan fingerprint density at radius 1 is 1.31 bits per heavy atom. The molecule has 0 atom stereocenters. The fourth-order valence-electron chi connectivity index (χ4n) is 1.21. The molecule has 69 valence electrons. The second-order valence-electron chi connectivity index (χ2n) is 3.15. The molecule has 0 nitrogen and oxygen atoms in total. The highest BCUT2D eigenvalue weighted by molar-refractivity contribution is 5.55. The van der Waals surface area contributed by atoms with Crippen LogP contribution in [-0.2, 0) is 6.42 Å². The summed E-state index contributed by atoms with van der Waals surface area (Å²) in [5.41, 5.74) is 1.71. The molecule has 0 amide bonds. The highest BCUT2D eigenvalue weighted by atomic mass is 19.1. The minimum Gasteiger partial charge on any atom is -0.206 e. The quantitative estimate of drug-likeness (QED) is 0.656. The predicted octanol–water partition coefficient (Wildman–Crippen LogP) is 3.77. The smallest absolute Gasteiger partial charge is 0.130 e. The molecule has 0 spiro atoms. The number of hydrogen-bond donors (Lipinski definition) is 0. The van der Waals surface area contributed by atoms with Crippen LogP contribution in [0.4, 0.5) is 4.39 Å². The van der Waals surface area contributed by atoms with Crippen molar-refractivity contribution in [1.82, 2.24) is 0 Å². The fraction of sp³-hybridized carbons (Fsp3) is 0.333. The summed E-state index contributed by atoms with van der Waals surface area (Å²) in [7, 11) is 0. The summed E-state index contributed by atoms with van der Waals surface area (Å²) in [6.07, 6.45) is 3.41. The summed E-state index contributed by atoms with van der Waals surface area (Å²) >= 11 is 0. The first-order valence-electron chi connectivity index (χ1n) is 4.61. The van der Waals surface area contributed by atoms with Crippen molar-refractivity contribution in [3.63, 3.8) is 0 Å². The van der Waals surface area contributed by atoms with Crippen LogP contribution < -0.4 is 0 Å². The average Bonchev–Trinajstić information content (AvgIpc) is 2.15. The van der Waals surface area contributed by atoms with Crippen molar-refractivity contribution in [1.29, 1.82) is 0 Å². The van der Waals surface area contributed by atoms with Crippen LogP contribution in [0.2, 0.25) is 0 Å². The summed E-state index contributed by atoms with van der Waals surface area (Å²) in [4.78, 5) is 0. The lowest BCUT2D eigenvalue weighted by atomic mass is 10.1. The number of unbranched alkanes of at least 4 members (excludes halogenated alkanes) is 1. The van der Waals surface area contributed by atoms with E-state index in [1.807, 2.05) is 12.1 Å². The summed E-state index contributed by atoms with van der Waals surface area (Å²) < 4.78 is 12.5. The lowest BCUT2D eigenvalue weighted by Crippen LogP contribution is -1.85. The third-order valence-electron chi connectivity index (χ3n) is 2.05. The van der Waals surface area contributed by atoms with Crippen LogP contribution in [0, 0.1) is 6.58 Å². The zero-order valence-corrected chi connectivity index (χ0v) is 7.89. The molecule has 0 fully saturated rings. The third-order valence-corrected chi connectivity index (χ3v) is 2.05. The molecular formula is C12H14F. The topological polar surface area (TPSA) is 0 Å². The van der Waals surface area contributed by atoms with E-state index in [1.165, 1.54) is 18.4 Å². The molecule has 1 radical (unpaired) electrons. The summed E-state index contributed by atoms with van der Waals surface area (Å²) in [5.74, 6) is -0.609. The molecule has 0 aliphatic rings. The Hall–Kier alpha value is -1.11. The molecule has 1 heteroatoms. The molecule has 0 unspecified atom stereocenters. The zero-order valence-electron chi connectivity index (χ0n) is 7.89. The number of benzene rings is 1. The molecule has 0 bridgehead atoms. The van der Waals surface area contributed by atoms with Gasteiger partial charge in [-0.25, -0.2) is 4.39 Å². The molecule has 1 rings (SSSR count). The Bertz CT molecular complexity index is 272. The van der Waals surface area contributed by atoms with Gasteiger partial charge in [-0.3, -0.25) is 0 Å². The van der Waals surface area contributed by atoms with E-state index in [0.29, 0.717) is 5.56 Å². The van der Waals surface area contributed by atoms with Crippen LogP contribution in [0.15, 0.2) is 24.3 Å². The molecule has 0 heterocycles. The van der Waals surface area contributed by atoms with E-state index in [0.717, 1.165) is 6.42 Å². The molecule has 0 N–H and O–H groups in total. The Kier molecular flexibility index (Phi) is 3.69. The molecule has 13 heavy (non-hydrogen) atoms. The van der Waals surface area contributed by atoms with Gasteiger partial charge in [0, 0.05) is 5.56 Å². The summed E-state index contributed by atoms with van der Waals surface area (Å²) in [6.45, 7) is 7.17. The molecule has 1 aromatic rings. The van der Waals surface area contributed by atoms with Gasteiger partial charge in [0.1, 0.15) is 5.83 Å². The Morgan fingerprint density at radius 3 is 2.38 bits per heavy atom. The molecule has 0 saturated heterocycles. The maximum atomic E-state index is 12.5. The summed E-state index contributed by atoms with van der Waals surface area (Å²) in [5, 5.41) is 0. The van der Waals surface area contributed by atoms with E-state index >= 15 is 0 Å². The van der Waals surface area contributed by atoms with Crippen LogP contribution in [0.25, 0.3) is 5.83 Å². The second kappa shape index (κ2) is 4.80. The standard InChI is InChI=1S/C12H14F/c1-3-4-5-11-6-8-12(9-7-11)10(2)13/h2,6-9H,3-5H2,1H3. The Morgan fingerprint density at radius 2 is 1.92 bits per heavy atom. The largest absolute Gasteiger partial charge is 0.206 e. The van der Waals surface area contributed by atoms with Crippen molar-refractivity contribution in [3.8, 4) is 0 Å². The SMILES string of the molecule is [CH]=C(F)c1ccc(CCCC)cc1. The van der Waals surface area contributed by atoms with Gasteiger partial charge in [0.25, 0.3) is 0 Å². The van der Waals surface area contributed by atoms with E-state index in [2.05, 4.69) is 6.92 Å². The van der Waals surface area contributed by atoms with Crippen molar-refractivity contribution in [2.24, 2.45) is 0 Å². The van der Waals surface area contributed by atoms with Gasteiger partial charge in [-0.1, -0.05) is 37.6 Å². The first-order chi connectivity index (χ1) is 6.24. The Balaban J connectivity index is 2.64. The minimum absolute atomic E-state index is 0.472. The summed E-state index contributed by atoms with van der Waals surface area (Å²) in [6, 6.07) is 7.30.